The van der Waals surface area contributed by atoms with Crippen LogP contribution in [0.2, 0.25) is 0 Å². The van der Waals surface area contributed by atoms with Gasteiger partial charge in [0.05, 0.1) is 10.6 Å². The summed E-state index contributed by atoms with van der Waals surface area (Å²) in [5.74, 6) is -0.568. The van der Waals surface area contributed by atoms with Gasteiger partial charge in [-0.05, 0) is 46.8 Å². The average Bonchev–Trinajstić information content (AvgIpc) is 3.33. The number of anilines is 1. The number of thiophene rings is 1. The van der Waals surface area contributed by atoms with Crippen LogP contribution in [-0.4, -0.2) is 26.8 Å². The Morgan fingerprint density at radius 1 is 0.938 bits per heavy atom. The molecule has 3 rings (SSSR count). The number of hydrogen-bond acceptors (Lipinski definition) is 5. The third-order valence-electron chi connectivity index (χ3n) is 4.43. The number of carbonyl (C=O) groups excluding carboxylic acids is 2. The molecule has 9 heteroatoms. The number of carbonyl (C=O) groups is 2. The van der Waals surface area contributed by atoms with Crippen LogP contribution in [0.3, 0.4) is 0 Å². The van der Waals surface area contributed by atoms with Crippen LogP contribution in [-0.2, 0) is 22.3 Å². The fraction of sp³-hybridized carbons (Fsp3) is 0.130. The van der Waals surface area contributed by atoms with E-state index >= 15 is 0 Å². The standard InChI is InChI=1S/C23H23N3O4S2/c1-2-13-25-32(29,30)16-18-7-11-20(12-8-18)26-22(27)19-9-5-17(6-10-19)15-24-23(28)21-4-3-14-31-21/h2-12,14,25H,1,13,15-16H2,(H,24,28)(H,26,27). The van der Waals surface area contributed by atoms with Crippen molar-refractivity contribution in [3.63, 3.8) is 0 Å². The van der Waals surface area contributed by atoms with E-state index in [4.69, 9.17) is 0 Å². The molecule has 0 aliphatic heterocycles. The van der Waals surface area contributed by atoms with Crippen molar-refractivity contribution >= 4 is 38.9 Å². The first-order chi connectivity index (χ1) is 15.4. The minimum atomic E-state index is -3.44. The highest BCUT2D eigenvalue weighted by Crippen LogP contribution is 2.14. The molecule has 2 amide bonds. The lowest BCUT2D eigenvalue weighted by Crippen LogP contribution is -2.25. The minimum Gasteiger partial charge on any atom is -0.347 e. The van der Waals surface area contributed by atoms with Gasteiger partial charge in [0, 0.05) is 24.3 Å². The van der Waals surface area contributed by atoms with E-state index in [0.717, 1.165) is 5.56 Å². The Bertz CT molecular complexity index is 1170. The molecule has 7 nitrogen and oxygen atoms in total. The van der Waals surface area contributed by atoms with Crippen molar-refractivity contribution in [3.05, 3.63) is 100 Å². The fourth-order valence-electron chi connectivity index (χ4n) is 2.80. The molecule has 0 unspecified atom stereocenters. The summed E-state index contributed by atoms with van der Waals surface area (Å²) in [6.07, 6.45) is 1.48. The quantitative estimate of drug-likeness (QED) is 0.395. The second-order valence-corrected chi connectivity index (χ2v) is 9.66. The Morgan fingerprint density at radius 2 is 1.62 bits per heavy atom. The fourth-order valence-corrected chi connectivity index (χ4v) is 4.54. The molecule has 2 aromatic carbocycles. The van der Waals surface area contributed by atoms with Crippen molar-refractivity contribution in [1.82, 2.24) is 10.0 Å². The van der Waals surface area contributed by atoms with Gasteiger partial charge in [-0.2, -0.15) is 0 Å². The van der Waals surface area contributed by atoms with E-state index < -0.39 is 10.0 Å². The molecule has 3 aromatic rings. The van der Waals surface area contributed by atoms with Gasteiger partial charge in [0.1, 0.15) is 0 Å². The van der Waals surface area contributed by atoms with Gasteiger partial charge in [0.15, 0.2) is 0 Å². The molecule has 0 aliphatic carbocycles. The lowest BCUT2D eigenvalue weighted by atomic mass is 10.1. The van der Waals surface area contributed by atoms with E-state index in [1.54, 1.807) is 54.6 Å². The normalized spacial score (nSPS) is 11.0. The molecule has 0 aliphatic rings. The Kier molecular flexibility index (Phi) is 7.93. The number of amides is 2. The lowest BCUT2D eigenvalue weighted by Gasteiger charge is -2.09. The van der Waals surface area contributed by atoms with Crippen LogP contribution < -0.4 is 15.4 Å². The van der Waals surface area contributed by atoms with Crippen molar-refractivity contribution < 1.29 is 18.0 Å². The molecule has 1 aromatic heterocycles. The molecule has 3 N–H and O–H groups in total. The summed E-state index contributed by atoms with van der Waals surface area (Å²) in [5.41, 5.74) is 2.51. The summed E-state index contributed by atoms with van der Waals surface area (Å²) >= 11 is 1.38. The summed E-state index contributed by atoms with van der Waals surface area (Å²) in [4.78, 5) is 25.1. The topological polar surface area (TPSA) is 104 Å². The van der Waals surface area contributed by atoms with Gasteiger partial charge in [-0.3, -0.25) is 9.59 Å². The summed E-state index contributed by atoms with van der Waals surface area (Å²) < 4.78 is 26.3. The Hall–Kier alpha value is -3.27. The van der Waals surface area contributed by atoms with Gasteiger partial charge < -0.3 is 10.6 Å². The Balaban J connectivity index is 1.53. The number of sulfonamides is 1. The van der Waals surface area contributed by atoms with Crippen molar-refractivity contribution in [2.24, 2.45) is 0 Å². The van der Waals surface area contributed by atoms with Crippen LogP contribution in [0.4, 0.5) is 5.69 Å². The second kappa shape index (κ2) is 10.9. The maximum Gasteiger partial charge on any atom is 0.261 e. The summed E-state index contributed by atoms with van der Waals surface area (Å²) in [6, 6.07) is 17.2. The monoisotopic (exact) mass is 469 g/mol. The Morgan fingerprint density at radius 3 is 2.25 bits per heavy atom. The van der Waals surface area contributed by atoms with Crippen LogP contribution in [0.15, 0.2) is 78.7 Å². The molecule has 0 fully saturated rings. The largest absolute Gasteiger partial charge is 0.347 e. The molecule has 0 saturated carbocycles. The molecular formula is C23H23N3O4S2. The van der Waals surface area contributed by atoms with E-state index in [-0.39, 0.29) is 24.1 Å². The number of benzene rings is 2. The molecular weight excluding hydrogens is 446 g/mol. The highest BCUT2D eigenvalue weighted by molar-refractivity contribution is 7.88. The smallest absolute Gasteiger partial charge is 0.261 e. The summed E-state index contributed by atoms with van der Waals surface area (Å²) in [7, 11) is -3.44. The first-order valence-electron chi connectivity index (χ1n) is 9.75. The minimum absolute atomic E-state index is 0.130. The number of nitrogens with one attached hydrogen (secondary N) is 3. The average molecular weight is 470 g/mol. The maximum atomic E-state index is 12.5. The van der Waals surface area contributed by atoms with Gasteiger partial charge in [-0.15, -0.1) is 17.9 Å². The van der Waals surface area contributed by atoms with E-state index in [0.29, 0.717) is 28.2 Å². The molecule has 1 heterocycles. The third kappa shape index (κ3) is 6.88. The van der Waals surface area contributed by atoms with Gasteiger partial charge in [-0.25, -0.2) is 13.1 Å². The van der Waals surface area contributed by atoms with Crippen molar-refractivity contribution in [1.29, 1.82) is 0 Å². The van der Waals surface area contributed by atoms with Crippen molar-refractivity contribution in [2.75, 3.05) is 11.9 Å². The SMILES string of the molecule is C=CCNS(=O)(=O)Cc1ccc(NC(=O)c2ccc(CNC(=O)c3cccs3)cc2)cc1. The van der Waals surface area contributed by atoms with Gasteiger partial charge in [-0.1, -0.05) is 36.4 Å². The van der Waals surface area contributed by atoms with Crippen LogP contribution in [0.1, 0.15) is 31.2 Å². The zero-order chi connectivity index (χ0) is 23.0. The molecule has 166 valence electrons. The maximum absolute atomic E-state index is 12.5. The molecule has 0 spiro atoms. The Labute approximate surface area is 191 Å². The molecule has 0 atom stereocenters. The molecule has 0 radical (unpaired) electrons. The van der Waals surface area contributed by atoms with Crippen molar-refractivity contribution in [3.8, 4) is 0 Å². The predicted octanol–water partition coefficient (Wildman–Crippen LogP) is 3.54. The lowest BCUT2D eigenvalue weighted by molar-refractivity contribution is 0.0953. The van der Waals surface area contributed by atoms with E-state index in [1.165, 1.54) is 17.4 Å². The molecule has 32 heavy (non-hydrogen) atoms. The van der Waals surface area contributed by atoms with Gasteiger partial charge in [0.25, 0.3) is 11.8 Å². The summed E-state index contributed by atoms with van der Waals surface area (Å²) in [6.45, 7) is 4.02. The van der Waals surface area contributed by atoms with E-state index in [2.05, 4.69) is 21.9 Å². The van der Waals surface area contributed by atoms with Crippen LogP contribution in [0, 0.1) is 0 Å². The predicted molar refractivity (Wildman–Crippen MR) is 127 cm³/mol. The molecule has 0 bridgehead atoms. The zero-order valence-corrected chi connectivity index (χ0v) is 18.8. The van der Waals surface area contributed by atoms with Crippen molar-refractivity contribution in [2.45, 2.75) is 12.3 Å². The number of hydrogen-bond donors (Lipinski definition) is 3. The molecule has 0 saturated heterocycles. The van der Waals surface area contributed by atoms with Crippen LogP contribution in [0.5, 0.6) is 0 Å². The highest BCUT2D eigenvalue weighted by atomic mass is 32.2. The highest BCUT2D eigenvalue weighted by Gasteiger charge is 2.11. The number of rotatable bonds is 10. The first kappa shape index (κ1) is 23.4. The van der Waals surface area contributed by atoms with Gasteiger partial charge in [0.2, 0.25) is 10.0 Å². The van der Waals surface area contributed by atoms with Gasteiger partial charge >= 0.3 is 0 Å². The van der Waals surface area contributed by atoms with Crippen LogP contribution in [0.25, 0.3) is 0 Å². The zero-order valence-electron chi connectivity index (χ0n) is 17.2. The first-order valence-corrected chi connectivity index (χ1v) is 12.3. The van der Waals surface area contributed by atoms with E-state index in [9.17, 15) is 18.0 Å². The second-order valence-electron chi connectivity index (χ2n) is 6.90. The third-order valence-corrected chi connectivity index (χ3v) is 6.62. The van der Waals surface area contributed by atoms with E-state index in [1.807, 2.05) is 11.4 Å². The van der Waals surface area contributed by atoms with Crippen LogP contribution >= 0.6 is 11.3 Å². The summed E-state index contributed by atoms with van der Waals surface area (Å²) in [5, 5.41) is 7.47.